The molecule has 1 aliphatic carbocycles. The van der Waals surface area contributed by atoms with Crippen LogP contribution in [0.1, 0.15) is 36.0 Å². The van der Waals surface area contributed by atoms with Gasteiger partial charge in [-0.2, -0.15) is 0 Å². The Morgan fingerprint density at radius 1 is 1.07 bits per heavy atom. The first-order valence-corrected chi connectivity index (χ1v) is 9.55. The Bertz CT molecular complexity index is 1010. The molecule has 9 nitrogen and oxygen atoms in total. The second-order valence-corrected chi connectivity index (χ2v) is 7.10. The second kappa shape index (κ2) is 8.17. The van der Waals surface area contributed by atoms with Gasteiger partial charge in [-0.3, -0.25) is 4.79 Å². The number of anilines is 2. The molecule has 0 aliphatic heterocycles. The Hall–Kier alpha value is -3.62. The van der Waals surface area contributed by atoms with Crippen molar-refractivity contribution >= 4 is 29.2 Å². The van der Waals surface area contributed by atoms with Crippen LogP contribution >= 0.6 is 0 Å². The van der Waals surface area contributed by atoms with Crippen LogP contribution in [0.3, 0.4) is 0 Å². The zero-order valence-corrected chi connectivity index (χ0v) is 15.7. The average Bonchev–Trinajstić information content (AvgIpc) is 3.19. The number of carbonyl (C=O) groups excluding carboxylic acids is 1. The molecule has 0 unspecified atom stereocenters. The molecule has 29 heavy (non-hydrogen) atoms. The summed E-state index contributed by atoms with van der Waals surface area (Å²) in [5.74, 6) is 0.418. The van der Waals surface area contributed by atoms with Crippen molar-refractivity contribution < 1.29 is 14.7 Å². The van der Waals surface area contributed by atoms with E-state index in [0.717, 1.165) is 25.7 Å². The van der Waals surface area contributed by atoms with E-state index in [1.54, 1.807) is 35.1 Å². The lowest BCUT2D eigenvalue weighted by Gasteiger charge is -2.29. The summed E-state index contributed by atoms with van der Waals surface area (Å²) in [6.45, 7) is 0. The molecule has 0 atom stereocenters. The number of hydrogen-bond acceptors (Lipinski definition) is 5. The van der Waals surface area contributed by atoms with Crippen LogP contribution in [0.2, 0.25) is 0 Å². The molecule has 3 aromatic rings. The highest BCUT2D eigenvalue weighted by Crippen LogP contribution is 2.24. The van der Waals surface area contributed by atoms with Gasteiger partial charge < -0.3 is 21.1 Å². The Kier molecular flexibility index (Phi) is 5.28. The van der Waals surface area contributed by atoms with Gasteiger partial charge in [0.1, 0.15) is 5.82 Å². The van der Waals surface area contributed by atoms with Crippen molar-refractivity contribution in [1.29, 1.82) is 0 Å². The number of imidazole rings is 1. The first-order valence-electron chi connectivity index (χ1n) is 9.55. The monoisotopic (exact) mass is 394 g/mol. The highest BCUT2D eigenvalue weighted by Gasteiger charge is 2.23. The molecular weight excluding hydrogens is 372 g/mol. The molecule has 1 aromatic carbocycles. The minimum Gasteiger partial charge on any atom is -0.465 e. The highest BCUT2D eigenvalue weighted by molar-refractivity contribution is 6.06. The van der Waals surface area contributed by atoms with Gasteiger partial charge >= 0.3 is 6.09 Å². The largest absolute Gasteiger partial charge is 0.465 e. The number of carbonyl (C=O) groups is 2. The summed E-state index contributed by atoms with van der Waals surface area (Å²) >= 11 is 0. The van der Waals surface area contributed by atoms with Crippen LogP contribution in [-0.4, -0.2) is 43.8 Å². The van der Waals surface area contributed by atoms with Gasteiger partial charge in [0.2, 0.25) is 0 Å². The van der Waals surface area contributed by atoms with Crippen molar-refractivity contribution in [2.75, 3.05) is 10.6 Å². The molecule has 1 fully saturated rings. The third-order valence-electron chi connectivity index (χ3n) is 5.05. The number of hydrogen-bond donors (Lipinski definition) is 4. The molecule has 0 radical (unpaired) electrons. The maximum atomic E-state index is 12.6. The topological polar surface area (TPSA) is 121 Å². The normalized spacial score (nSPS) is 18.9. The summed E-state index contributed by atoms with van der Waals surface area (Å²) in [7, 11) is 0. The number of nitrogens with zero attached hydrogens (tertiary/aromatic N) is 3. The van der Waals surface area contributed by atoms with E-state index in [1.807, 2.05) is 18.2 Å². The van der Waals surface area contributed by atoms with Crippen LogP contribution < -0.4 is 16.0 Å². The fraction of sp³-hybridized carbons (Fsp3) is 0.300. The zero-order chi connectivity index (χ0) is 20.2. The SMILES string of the molecule is O=C(O)N[C@H]1CC[C@H](Nc2cc(NC(=O)c3ccccc3)c3nccn3n2)CC1. The smallest absolute Gasteiger partial charge is 0.404 e. The van der Waals surface area contributed by atoms with Crippen molar-refractivity contribution in [3.63, 3.8) is 0 Å². The van der Waals surface area contributed by atoms with E-state index < -0.39 is 6.09 Å². The first kappa shape index (κ1) is 18.7. The lowest BCUT2D eigenvalue weighted by Crippen LogP contribution is -2.39. The summed E-state index contributed by atoms with van der Waals surface area (Å²) in [6.07, 6.45) is 5.59. The summed E-state index contributed by atoms with van der Waals surface area (Å²) < 4.78 is 1.63. The van der Waals surface area contributed by atoms with Gasteiger partial charge in [0.25, 0.3) is 5.91 Å². The maximum Gasteiger partial charge on any atom is 0.404 e. The molecule has 9 heteroatoms. The maximum absolute atomic E-state index is 12.6. The summed E-state index contributed by atoms with van der Waals surface area (Å²) in [5, 5.41) is 22.2. The van der Waals surface area contributed by atoms with Crippen LogP contribution in [-0.2, 0) is 0 Å². The summed E-state index contributed by atoms with van der Waals surface area (Å²) in [5.41, 5.74) is 1.70. The Labute approximate surface area is 167 Å². The molecule has 2 heterocycles. The molecule has 4 rings (SSSR count). The predicted molar refractivity (Wildman–Crippen MR) is 108 cm³/mol. The molecule has 0 spiro atoms. The quantitative estimate of drug-likeness (QED) is 0.528. The fourth-order valence-corrected chi connectivity index (χ4v) is 3.63. The third-order valence-corrected chi connectivity index (χ3v) is 5.05. The molecule has 4 N–H and O–H groups in total. The van der Waals surface area contributed by atoms with Gasteiger partial charge in [-0.1, -0.05) is 18.2 Å². The van der Waals surface area contributed by atoms with Crippen LogP contribution in [0.25, 0.3) is 5.65 Å². The average molecular weight is 394 g/mol. The van der Waals surface area contributed by atoms with Gasteiger partial charge in [-0.15, -0.1) is 5.10 Å². The number of benzene rings is 1. The molecule has 1 aliphatic rings. The van der Waals surface area contributed by atoms with Gasteiger partial charge in [0, 0.05) is 36.1 Å². The van der Waals surface area contributed by atoms with E-state index in [-0.39, 0.29) is 18.0 Å². The number of fused-ring (bicyclic) bond motifs is 1. The van der Waals surface area contributed by atoms with E-state index >= 15 is 0 Å². The van der Waals surface area contributed by atoms with Crippen molar-refractivity contribution in [3.8, 4) is 0 Å². The lowest BCUT2D eigenvalue weighted by atomic mass is 9.91. The zero-order valence-electron chi connectivity index (χ0n) is 15.7. The fourth-order valence-electron chi connectivity index (χ4n) is 3.63. The van der Waals surface area contributed by atoms with E-state index in [1.165, 1.54) is 0 Å². The standard InChI is InChI=1S/C20H22N6O3/c27-19(13-4-2-1-3-5-13)24-16-12-17(25-26-11-10-21-18(16)26)22-14-6-8-15(9-7-14)23-20(28)29/h1-5,10-12,14-15,23H,6-9H2,(H,22,25)(H,24,27)(H,28,29)/t14-,15-. The number of aromatic nitrogens is 3. The Morgan fingerprint density at radius 3 is 2.52 bits per heavy atom. The number of carboxylic acid groups (broad SMARTS) is 1. The van der Waals surface area contributed by atoms with E-state index in [4.69, 9.17) is 5.11 Å². The third kappa shape index (κ3) is 4.45. The van der Waals surface area contributed by atoms with Crippen LogP contribution in [0, 0.1) is 0 Å². The second-order valence-electron chi connectivity index (χ2n) is 7.10. The van der Waals surface area contributed by atoms with Crippen LogP contribution in [0.4, 0.5) is 16.3 Å². The molecule has 150 valence electrons. The molecule has 2 aromatic heterocycles. The lowest BCUT2D eigenvalue weighted by molar-refractivity contribution is 0.102. The molecule has 1 saturated carbocycles. The Balaban J connectivity index is 1.48. The van der Waals surface area contributed by atoms with E-state index in [0.29, 0.717) is 22.7 Å². The van der Waals surface area contributed by atoms with Crippen LogP contribution in [0.5, 0.6) is 0 Å². The summed E-state index contributed by atoms with van der Waals surface area (Å²) in [6, 6.07) is 11.0. The van der Waals surface area contributed by atoms with Crippen molar-refractivity contribution in [2.24, 2.45) is 0 Å². The Morgan fingerprint density at radius 2 is 1.79 bits per heavy atom. The van der Waals surface area contributed by atoms with Crippen molar-refractivity contribution in [3.05, 3.63) is 54.4 Å². The van der Waals surface area contributed by atoms with Gasteiger partial charge in [0.15, 0.2) is 5.65 Å². The molecule has 2 amide bonds. The van der Waals surface area contributed by atoms with Crippen molar-refractivity contribution in [2.45, 2.75) is 37.8 Å². The van der Waals surface area contributed by atoms with E-state index in [9.17, 15) is 9.59 Å². The van der Waals surface area contributed by atoms with E-state index in [2.05, 4.69) is 26.0 Å². The van der Waals surface area contributed by atoms with Gasteiger partial charge in [0.05, 0.1) is 5.69 Å². The number of amides is 2. The summed E-state index contributed by atoms with van der Waals surface area (Å²) in [4.78, 5) is 27.6. The predicted octanol–water partition coefficient (Wildman–Crippen LogP) is 2.97. The number of nitrogens with one attached hydrogen (secondary N) is 3. The number of rotatable bonds is 5. The van der Waals surface area contributed by atoms with Gasteiger partial charge in [-0.25, -0.2) is 14.3 Å². The van der Waals surface area contributed by atoms with Gasteiger partial charge in [-0.05, 0) is 37.8 Å². The minimum absolute atomic E-state index is 0.00430. The first-order chi connectivity index (χ1) is 14.1. The minimum atomic E-state index is -0.979. The highest BCUT2D eigenvalue weighted by atomic mass is 16.4. The molecule has 0 saturated heterocycles. The molecule has 0 bridgehead atoms. The molecular formula is C20H22N6O3. The van der Waals surface area contributed by atoms with Crippen LogP contribution in [0.15, 0.2) is 48.8 Å². The van der Waals surface area contributed by atoms with Crippen molar-refractivity contribution in [1.82, 2.24) is 19.9 Å².